The van der Waals surface area contributed by atoms with Crippen molar-refractivity contribution in [3.05, 3.63) is 50.3 Å². The lowest BCUT2D eigenvalue weighted by atomic mass is 9.97. The first-order chi connectivity index (χ1) is 13.2. The molecule has 0 aliphatic heterocycles. The normalized spacial score (nSPS) is 14.0. The highest BCUT2D eigenvalue weighted by Gasteiger charge is 2.21. The SMILES string of the molecule is Cn1c(SCc2noc3c2CCCC3)nc2scc(-c3cccs3)c2c1=O. The minimum atomic E-state index is 0.00864. The van der Waals surface area contributed by atoms with Crippen LogP contribution >= 0.6 is 34.4 Å². The molecule has 4 aromatic rings. The average molecular weight is 416 g/mol. The standard InChI is InChI=1S/C19H17N3O2S3/c1-22-18(23)16-12(15-7-4-8-25-15)9-26-17(16)20-19(22)27-10-13-11-5-2-3-6-14(11)24-21-13/h4,7-9H,2-3,5-6,10H2,1H3. The molecule has 0 amide bonds. The van der Waals surface area contributed by atoms with Crippen molar-refractivity contribution in [2.75, 3.05) is 0 Å². The fraction of sp³-hybridized carbons (Fsp3) is 0.316. The molecule has 8 heteroatoms. The third-order valence-corrected chi connectivity index (χ3v) is 7.75. The Balaban J connectivity index is 1.49. The maximum absolute atomic E-state index is 13.0. The van der Waals surface area contributed by atoms with E-state index in [2.05, 4.69) is 5.16 Å². The topological polar surface area (TPSA) is 60.9 Å². The van der Waals surface area contributed by atoms with Gasteiger partial charge in [-0.3, -0.25) is 9.36 Å². The second-order valence-electron chi connectivity index (χ2n) is 6.59. The molecule has 0 saturated carbocycles. The number of aryl methyl sites for hydroxylation is 1. The summed E-state index contributed by atoms with van der Waals surface area (Å²) in [5, 5.41) is 9.76. The largest absolute Gasteiger partial charge is 0.361 e. The molecule has 27 heavy (non-hydrogen) atoms. The van der Waals surface area contributed by atoms with Gasteiger partial charge < -0.3 is 4.52 Å². The Kier molecular flexibility index (Phi) is 4.41. The summed E-state index contributed by atoms with van der Waals surface area (Å²) in [7, 11) is 1.80. The van der Waals surface area contributed by atoms with Crippen LogP contribution < -0.4 is 5.56 Å². The third kappa shape index (κ3) is 2.96. The van der Waals surface area contributed by atoms with Gasteiger partial charge in [0.2, 0.25) is 0 Å². The molecule has 1 aliphatic carbocycles. The number of aromatic nitrogens is 3. The van der Waals surface area contributed by atoms with Crippen LogP contribution in [0.1, 0.15) is 29.9 Å². The molecule has 0 atom stereocenters. The number of rotatable bonds is 4. The monoisotopic (exact) mass is 415 g/mol. The Hall–Kier alpha value is -1.90. The highest BCUT2D eigenvalue weighted by atomic mass is 32.2. The van der Waals surface area contributed by atoms with Crippen molar-refractivity contribution in [3.63, 3.8) is 0 Å². The van der Waals surface area contributed by atoms with Crippen LogP contribution in [0.4, 0.5) is 0 Å². The number of thioether (sulfide) groups is 1. The molecule has 0 spiro atoms. The van der Waals surface area contributed by atoms with Gasteiger partial charge in [-0.1, -0.05) is 23.0 Å². The molecule has 5 rings (SSSR count). The van der Waals surface area contributed by atoms with Crippen LogP contribution in [0.25, 0.3) is 20.7 Å². The number of hydrogen-bond acceptors (Lipinski definition) is 7. The quantitative estimate of drug-likeness (QED) is 0.351. The van der Waals surface area contributed by atoms with Gasteiger partial charge in [-0.15, -0.1) is 22.7 Å². The summed E-state index contributed by atoms with van der Waals surface area (Å²) in [6.45, 7) is 0. The molecule has 0 aromatic carbocycles. The minimum absolute atomic E-state index is 0.00864. The van der Waals surface area contributed by atoms with E-state index in [0.29, 0.717) is 11.1 Å². The highest BCUT2D eigenvalue weighted by molar-refractivity contribution is 7.98. The van der Waals surface area contributed by atoms with E-state index in [-0.39, 0.29) is 5.56 Å². The summed E-state index contributed by atoms with van der Waals surface area (Å²) in [5.74, 6) is 1.71. The van der Waals surface area contributed by atoms with E-state index < -0.39 is 0 Å². The van der Waals surface area contributed by atoms with Gasteiger partial charge in [-0.05, 0) is 30.7 Å². The van der Waals surface area contributed by atoms with Crippen LogP contribution in [0.5, 0.6) is 0 Å². The highest BCUT2D eigenvalue weighted by Crippen LogP contribution is 2.35. The van der Waals surface area contributed by atoms with Crippen molar-refractivity contribution >= 4 is 44.7 Å². The van der Waals surface area contributed by atoms with Gasteiger partial charge in [-0.25, -0.2) is 4.98 Å². The molecule has 0 unspecified atom stereocenters. The molecule has 0 radical (unpaired) electrons. The minimum Gasteiger partial charge on any atom is -0.361 e. The fourth-order valence-corrected chi connectivity index (χ4v) is 6.23. The zero-order valence-corrected chi connectivity index (χ0v) is 17.2. The Morgan fingerprint density at radius 3 is 3.04 bits per heavy atom. The van der Waals surface area contributed by atoms with E-state index in [1.165, 1.54) is 29.7 Å². The van der Waals surface area contributed by atoms with E-state index in [1.54, 1.807) is 34.7 Å². The lowest BCUT2D eigenvalue weighted by molar-refractivity contribution is 0.369. The molecule has 0 saturated heterocycles. The van der Waals surface area contributed by atoms with Gasteiger partial charge in [0.05, 0.1) is 11.1 Å². The van der Waals surface area contributed by atoms with E-state index in [1.807, 2.05) is 22.9 Å². The van der Waals surface area contributed by atoms with Gasteiger partial charge in [0.25, 0.3) is 5.56 Å². The van der Waals surface area contributed by atoms with Crippen LogP contribution in [-0.2, 0) is 25.6 Å². The number of fused-ring (bicyclic) bond motifs is 2. The smallest absolute Gasteiger partial charge is 0.263 e. The van der Waals surface area contributed by atoms with Crippen molar-refractivity contribution in [2.45, 2.75) is 36.6 Å². The van der Waals surface area contributed by atoms with Crippen molar-refractivity contribution in [2.24, 2.45) is 7.05 Å². The number of thiophene rings is 2. The molecular weight excluding hydrogens is 398 g/mol. The Labute approximate surface area is 168 Å². The van der Waals surface area contributed by atoms with E-state index >= 15 is 0 Å². The van der Waals surface area contributed by atoms with Crippen LogP contribution in [-0.4, -0.2) is 14.7 Å². The molecule has 138 valence electrons. The zero-order valence-electron chi connectivity index (χ0n) is 14.7. The molecule has 1 aliphatic rings. The van der Waals surface area contributed by atoms with Gasteiger partial charge in [0.1, 0.15) is 10.6 Å². The summed E-state index contributed by atoms with van der Waals surface area (Å²) in [4.78, 5) is 19.7. The van der Waals surface area contributed by atoms with Crippen molar-refractivity contribution < 1.29 is 4.52 Å². The predicted octanol–water partition coefficient (Wildman–Crippen LogP) is 4.88. The average Bonchev–Trinajstić information content (AvgIpc) is 3.42. The second-order valence-corrected chi connectivity index (χ2v) is 9.34. The zero-order chi connectivity index (χ0) is 18.4. The molecule has 4 heterocycles. The maximum atomic E-state index is 13.0. The van der Waals surface area contributed by atoms with Gasteiger partial charge in [-0.2, -0.15) is 0 Å². The summed E-state index contributed by atoms with van der Waals surface area (Å²) in [6, 6.07) is 4.05. The number of nitrogens with zero attached hydrogens (tertiary/aromatic N) is 3. The van der Waals surface area contributed by atoms with Gasteiger partial charge in [0, 0.05) is 40.6 Å². The van der Waals surface area contributed by atoms with Crippen LogP contribution in [0.2, 0.25) is 0 Å². The summed E-state index contributed by atoms with van der Waals surface area (Å²) in [6.07, 6.45) is 4.38. The Morgan fingerprint density at radius 1 is 1.30 bits per heavy atom. The predicted molar refractivity (Wildman–Crippen MR) is 111 cm³/mol. The van der Waals surface area contributed by atoms with Crippen molar-refractivity contribution in [3.8, 4) is 10.4 Å². The van der Waals surface area contributed by atoms with Gasteiger partial charge >= 0.3 is 0 Å². The molecule has 0 bridgehead atoms. The molecular formula is C19H17N3O2S3. The van der Waals surface area contributed by atoms with Crippen molar-refractivity contribution in [1.29, 1.82) is 0 Å². The van der Waals surface area contributed by atoms with E-state index in [0.717, 1.165) is 44.7 Å². The first kappa shape index (κ1) is 17.2. The molecule has 4 aromatic heterocycles. The fourth-order valence-electron chi connectivity index (χ4n) is 3.49. The van der Waals surface area contributed by atoms with Crippen LogP contribution in [0, 0.1) is 0 Å². The van der Waals surface area contributed by atoms with Crippen LogP contribution in [0.15, 0.2) is 37.4 Å². The summed E-state index contributed by atoms with van der Waals surface area (Å²) in [5.41, 5.74) is 3.25. The van der Waals surface area contributed by atoms with Gasteiger partial charge in [0.15, 0.2) is 5.16 Å². The maximum Gasteiger partial charge on any atom is 0.263 e. The van der Waals surface area contributed by atoms with E-state index in [4.69, 9.17) is 9.51 Å². The lowest BCUT2D eigenvalue weighted by Gasteiger charge is -2.10. The Morgan fingerprint density at radius 2 is 2.19 bits per heavy atom. The number of hydrogen-bond donors (Lipinski definition) is 0. The molecule has 0 fully saturated rings. The first-order valence-electron chi connectivity index (χ1n) is 8.83. The molecule has 5 nitrogen and oxygen atoms in total. The summed E-state index contributed by atoms with van der Waals surface area (Å²) < 4.78 is 7.15. The van der Waals surface area contributed by atoms with Crippen LogP contribution in [0.3, 0.4) is 0 Å². The lowest BCUT2D eigenvalue weighted by Crippen LogP contribution is -2.19. The summed E-state index contributed by atoms with van der Waals surface area (Å²) >= 11 is 4.72. The van der Waals surface area contributed by atoms with E-state index in [9.17, 15) is 4.79 Å². The first-order valence-corrected chi connectivity index (χ1v) is 11.6. The van der Waals surface area contributed by atoms with Crippen molar-refractivity contribution in [1.82, 2.24) is 14.7 Å². The second kappa shape index (κ2) is 6.92. The Bertz CT molecular complexity index is 1170. The molecule has 0 N–H and O–H groups in total. The third-order valence-electron chi connectivity index (χ3n) is 4.93.